The zero-order chi connectivity index (χ0) is 9.56. The van der Waals surface area contributed by atoms with Gasteiger partial charge in [-0.1, -0.05) is 20.8 Å². The molecule has 0 bridgehead atoms. The normalized spacial score (nSPS) is 10.1. The summed E-state index contributed by atoms with van der Waals surface area (Å²) < 4.78 is 0. The minimum absolute atomic E-state index is 0.663. The van der Waals surface area contributed by atoms with Crippen LogP contribution in [0, 0.1) is 5.92 Å². The molecule has 0 aromatic carbocycles. The molecule has 0 atom stereocenters. The molecule has 0 unspecified atom stereocenters. The van der Waals surface area contributed by atoms with E-state index in [4.69, 9.17) is 12.2 Å². The summed E-state index contributed by atoms with van der Waals surface area (Å²) in [4.78, 5) is 2.09. The quantitative estimate of drug-likeness (QED) is 0.678. The molecular weight excluding hydrogens is 168 g/mol. The molecule has 0 fully saturated rings. The minimum atomic E-state index is 0.663. The van der Waals surface area contributed by atoms with Gasteiger partial charge in [0.25, 0.3) is 0 Å². The van der Waals surface area contributed by atoms with Crippen LogP contribution in [0.25, 0.3) is 0 Å². The van der Waals surface area contributed by atoms with E-state index in [0.717, 1.165) is 24.6 Å². The van der Waals surface area contributed by atoms with E-state index >= 15 is 0 Å². The zero-order valence-corrected chi connectivity index (χ0v) is 9.37. The molecule has 2 nitrogen and oxygen atoms in total. The maximum Gasteiger partial charge on any atom is 0.168 e. The van der Waals surface area contributed by atoms with Crippen molar-refractivity contribution in [3.05, 3.63) is 0 Å². The van der Waals surface area contributed by atoms with Crippen molar-refractivity contribution in [2.24, 2.45) is 5.92 Å². The highest BCUT2D eigenvalue weighted by Crippen LogP contribution is 1.95. The summed E-state index contributed by atoms with van der Waals surface area (Å²) in [5.41, 5.74) is 0. The SMILES string of the molecule is CCCNC(=S)N(C)CC(C)C. The van der Waals surface area contributed by atoms with Crippen LogP contribution in [0.3, 0.4) is 0 Å². The van der Waals surface area contributed by atoms with E-state index in [1.54, 1.807) is 0 Å². The summed E-state index contributed by atoms with van der Waals surface area (Å²) in [6.45, 7) is 8.52. The Kier molecular flexibility index (Phi) is 6.07. The minimum Gasteiger partial charge on any atom is -0.363 e. The summed E-state index contributed by atoms with van der Waals surface area (Å²) in [5, 5.41) is 4.06. The lowest BCUT2D eigenvalue weighted by Crippen LogP contribution is -2.39. The molecular formula is C9H20N2S. The second-order valence-electron chi connectivity index (χ2n) is 3.51. The van der Waals surface area contributed by atoms with Crippen molar-refractivity contribution >= 4 is 17.3 Å². The molecule has 0 radical (unpaired) electrons. The van der Waals surface area contributed by atoms with E-state index in [1.807, 2.05) is 7.05 Å². The molecule has 72 valence electrons. The van der Waals surface area contributed by atoms with Crippen LogP contribution < -0.4 is 5.32 Å². The number of nitrogens with one attached hydrogen (secondary N) is 1. The molecule has 0 aliphatic carbocycles. The van der Waals surface area contributed by atoms with Crippen LogP contribution in [0.1, 0.15) is 27.2 Å². The van der Waals surface area contributed by atoms with E-state index in [0.29, 0.717) is 5.92 Å². The first-order valence-corrected chi connectivity index (χ1v) is 4.97. The van der Waals surface area contributed by atoms with Crippen LogP contribution in [0.4, 0.5) is 0 Å². The lowest BCUT2D eigenvalue weighted by Gasteiger charge is -2.22. The lowest BCUT2D eigenvalue weighted by atomic mass is 10.2. The Labute approximate surface area is 81.3 Å². The van der Waals surface area contributed by atoms with Gasteiger partial charge in [0.2, 0.25) is 0 Å². The van der Waals surface area contributed by atoms with Gasteiger partial charge in [0.1, 0.15) is 0 Å². The number of thiocarbonyl (C=S) groups is 1. The van der Waals surface area contributed by atoms with Gasteiger partial charge in [0.15, 0.2) is 5.11 Å². The maximum atomic E-state index is 5.18. The molecule has 0 aromatic heterocycles. The number of hydrogen-bond donors (Lipinski definition) is 1. The average molecular weight is 188 g/mol. The first kappa shape index (κ1) is 11.7. The standard InChI is InChI=1S/C9H20N2S/c1-5-6-10-9(12)11(4)7-8(2)3/h8H,5-7H2,1-4H3,(H,10,12). The van der Waals surface area contributed by atoms with Crippen LogP contribution in [0.5, 0.6) is 0 Å². The Balaban J connectivity index is 3.61. The van der Waals surface area contributed by atoms with Gasteiger partial charge < -0.3 is 10.2 Å². The molecule has 1 N–H and O–H groups in total. The fourth-order valence-electron chi connectivity index (χ4n) is 0.998. The second-order valence-corrected chi connectivity index (χ2v) is 3.89. The van der Waals surface area contributed by atoms with E-state index in [2.05, 4.69) is 31.0 Å². The van der Waals surface area contributed by atoms with Gasteiger partial charge in [0, 0.05) is 20.1 Å². The van der Waals surface area contributed by atoms with E-state index in [-0.39, 0.29) is 0 Å². The monoisotopic (exact) mass is 188 g/mol. The first-order valence-electron chi connectivity index (χ1n) is 4.56. The Hall–Kier alpha value is -0.310. The van der Waals surface area contributed by atoms with Crippen LogP contribution in [0.2, 0.25) is 0 Å². The molecule has 3 heteroatoms. The smallest absolute Gasteiger partial charge is 0.168 e. The van der Waals surface area contributed by atoms with Crippen molar-refractivity contribution in [3.63, 3.8) is 0 Å². The van der Waals surface area contributed by atoms with Gasteiger partial charge in [-0.15, -0.1) is 0 Å². The van der Waals surface area contributed by atoms with Crippen LogP contribution >= 0.6 is 12.2 Å². The Morgan fingerprint density at radius 2 is 2.08 bits per heavy atom. The van der Waals surface area contributed by atoms with Crippen molar-refractivity contribution in [1.29, 1.82) is 0 Å². The second kappa shape index (κ2) is 6.23. The number of rotatable bonds is 4. The van der Waals surface area contributed by atoms with Crippen molar-refractivity contribution in [3.8, 4) is 0 Å². The highest BCUT2D eigenvalue weighted by molar-refractivity contribution is 7.80. The van der Waals surface area contributed by atoms with Crippen LogP contribution in [-0.4, -0.2) is 30.1 Å². The van der Waals surface area contributed by atoms with Gasteiger partial charge >= 0.3 is 0 Å². The van der Waals surface area contributed by atoms with E-state index < -0.39 is 0 Å². The fourth-order valence-corrected chi connectivity index (χ4v) is 1.17. The molecule has 0 saturated carbocycles. The molecule has 0 rings (SSSR count). The maximum absolute atomic E-state index is 5.18. The Bertz CT molecular complexity index is 134. The van der Waals surface area contributed by atoms with Gasteiger partial charge in [-0.3, -0.25) is 0 Å². The third kappa shape index (κ3) is 5.35. The average Bonchev–Trinajstić information content (AvgIpc) is 1.98. The highest BCUT2D eigenvalue weighted by atomic mass is 32.1. The van der Waals surface area contributed by atoms with Crippen LogP contribution in [-0.2, 0) is 0 Å². The van der Waals surface area contributed by atoms with Crippen molar-refractivity contribution in [2.45, 2.75) is 27.2 Å². The third-order valence-electron chi connectivity index (χ3n) is 1.51. The number of hydrogen-bond acceptors (Lipinski definition) is 1. The van der Waals surface area contributed by atoms with Gasteiger partial charge in [-0.2, -0.15) is 0 Å². The molecule has 12 heavy (non-hydrogen) atoms. The molecule has 0 aliphatic heterocycles. The largest absolute Gasteiger partial charge is 0.363 e. The summed E-state index contributed by atoms with van der Waals surface area (Å²) in [7, 11) is 2.03. The molecule has 0 heterocycles. The predicted octanol–water partition coefficient (Wildman–Crippen LogP) is 1.86. The Morgan fingerprint density at radius 3 is 2.50 bits per heavy atom. The Morgan fingerprint density at radius 1 is 1.50 bits per heavy atom. The van der Waals surface area contributed by atoms with E-state index in [9.17, 15) is 0 Å². The van der Waals surface area contributed by atoms with Crippen molar-refractivity contribution in [2.75, 3.05) is 20.1 Å². The zero-order valence-electron chi connectivity index (χ0n) is 8.55. The van der Waals surface area contributed by atoms with Gasteiger partial charge in [0.05, 0.1) is 0 Å². The highest BCUT2D eigenvalue weighted by Gasteiger charge is 2.04. The summed E-state index contributed by atoms with van der Waals surface area (Å²) in [6.07, 6.45) is 1.12. The molecule has 0 aliphatic rings. The van der Waals surface area contributed by atoms with Crippen molar-refractivity contribution < 1.29 is 0 Å². The molecule has 0 amide bonds. The molecule has 0 spiro atoms. The summed E-state index contributed by atoms with van der Waals surface area (Å²) in [5.74, 6) is 0.663. The lowest BCUT2D eigenvalue weighted by molar-refractivity contribution is 0.419. The topological polar surface area (TPSA) is 15.3 Å². The fraction of sp³-hybridized carbons (Fsp3) is 0.889. The molecule has 0 saturated heterocycles. The number of nitrogens with zero attached hydrogens (tertiary/aromatic N) is 1. The van der Waals surface area contributed by atoms with Crippen molar-refractivity contribution in [1.82, 2.24) is 10.2 Å². The summed E-state index contributed by atoms with van der Waals surface area (Å²) >= 11 is 5.18. The van der Waals surface area contributed by atoms with Gasteiger partial charge in [-0.25, -0.2) is 0 Å². The summed E-state index contributed by atoms with van der Waals surface area (Å²) in [6, 6.07) is 0. The predicted molar refractivity (Wildman–Crippen MR) is 58.4 cm³/mol. The third-order valence-corrected chi connectivity index (χ3v) is 1.97. The van der Waals surface area contributed by atoms with E-state index in [1.165, 1.54) is 0 Å². The molecule has 0 aromatic rings. The van der Waals surface area contributed by atoms with Gasteiger partial charge in [-0.05, 0) is 24.6 Å². The first-order chi connectivity index (χ1) is 5.57. The van der Waals surface area contributed by atoms with Crippen LogP contribution in [0.15, 0.2) is 0 Å².